The second-order valence-corrected chi connectivity index (χ2v) is 8.66. The normalized spacial score (nSPS) is 14.9. The molecule has 0 aliphatic heterocycles. The van der Waals surface area contributed by atoms with Gasteiger partial charge in [-0.25, -0.2) is 9.78 Å². The van der Waals surface area contributed by atoms with Gasteiger partial charge in [0, 0.05) is 31.2 Å². The number of nitrogens with one attached hydrogen (secondary N) is 4. The number of rotatable bonds is 17. The molecule has 206 valence electrons. The second-order valence-electron chi connectivity index (χ2n) is 8.66. The molecule has 0 radical (unpaired) electrons. The van der Waals surface area contributed by atoms with E-state index in [0.29, 0.717) is 12.1 Å². The summed E-state index contributed by atoms with van der Waals surface area (Å²) in [5.74, 6) is -6.18. The predicted octanol–water partition coefficient (Wildman–Crippen LogP) is -2.01. The van der Waals surface area contributed by atoms with E-state index in [1.54, 1.807) is 13.8 Å². The van der Waals surface area contributed by atoms with Crippen molar-refractivity contribution >= 4 is 35.6 Å². The first kappa shape index (κ1) is 31.0. The molecular weight excluding hydrogens is 490 g/mol. The smallest absolute Gasteiger partial charge is 0.326 e. The fourth-order valence-electron chi connectivity index (χ4n) is 3.30. The maximum atomic E-state index is 13.1. The van der Waals surface area contributed by atoms with Gasteiger partial charge >= 0.3 is 11.9 Å². The van der Waals surface area contributed by atoms with Gasteiger partial charge < -0.3 is 42.6 Å². The summed E-state index contributed by atoms with van der Waals surface area (Å²) < 4.78 is 0. The largest absolute Gasteiger partial charge is 0.481 e. The SMILES string of the molecule is CCC(C)C(NC(=O)C(CCC(=O)O)NC(=O)C(N)Cc1cnc[nH]1)C(=O)NC(CCC(N)=O)C(=O)O. The molecule has 1 aromatic heterocycles. The van der Waals surface area contributed by atoms with E-state index < -0.39 is 72.1 Å². The molecule has 0 saturated carbocycles. The van der Waals surface area contributed by atoms with Crippen LogP contribution in [0.4, 0.5) is 0 Å². The predicted molar refractivity (Wildman–Crippen MR) is 128 cm³/mol. The molecule has 0 bridgehead atoms. The van der Waals surface area contributed by atoms with Gasteiger partial charge in [-0.2, -0.15) is 0 Å². The summed E-state index contributed by atoms with van der Waals surface area (Å²) in [6.45, 7) is 3.39. The minimum absolute atomic E-state index is 0.0822. The third-order valence-corrected chi connectivity index (χ3v) is 5.70. The number of nitrogens with zero attached hydrogens (tertiary/aromatic N) is 1. The molecule has 10 N–H and O–H groups in total. The highest BCUT2D eigenvalue weighted by atomic mass is 16.4. The van der Waals surface area contributed by atoms with E-state index in [2.05, 4.69) is 25.9 Å². The van der Waals surface area contributed by atoms with E-state index in [0.717, 1.165) is 0 Å². The van der Waals surface area contributed by atoms with Gasteiger partial charge in [-0.3, -0.25) is 24.0 Å². The van der Waals surface area contributed by atoms with Gasteiger partial charge in [0.05, 0.1) is 12.4 Å². The molecular formula is C22H35N7O8. The highest BCUT2D eigenvalue weighted by Crippen LogP contribution is 2.11. The van der Waals surface area contributed by atoms with Gasteiger partial charge in [0.1, 0.15) is 18.1 Å². The first-order chi connectivity index (χ1) is 17.3. The average molecular weight is 526 g/mol. The van der Waals surface area contributed by atoms with E-state index >= 15 is 0 Å². The average Bonchev–Trinajstić information content (AvgIpc) is 3.34. The molecule has 5 atom stereocenters. The van der Waals surface area contributed by atoms with E-state index in [1.165, 1.54) is 12.5 Å². The molecule has 0 saturated heterocycles. The fraction of sp³-hybridized carbons (Fsp3) is 0.591. The number of aromatic nitrogens is 2. The number of carboxylic acid groups (broad SMARTS) is 2. The number of imidazole rings is 1. The second kappa shape index (κ2) is 15.2. The zero-order valence-corrected chi connectivity index (χ0v) is 20.7. The summed E-state index contributed by atoms with van der Waals surface area (Å²) in [6.07, 6.45) is 2.12. The molecule has 0 spiro atoms. The van der Waals surface area contributed by atoms with Crippen molar-refractivity contribution in [3.05, 3.63) is 18.2 Å². The van der Waals surface area contributed by atoms with Crippen LogP contribution >= 0.6 is 0 Å². The highest BCUT2D eigenvalue weighted by Gasteiger charge is 2.33. The molecule has 15 heteroatoms. The van der Waals surface area contributed by atoms with Crippen LogP contribution in [-0.2, 0) is 35.2 Å². The van der Waals surface area contributed by atoms with Crippen LogP contribution in [0.3, 0.4) is 0 Å². The molecule has 1 aromatic rings. The summed E-state index contributed by atoms with van der Waals surface area (Å²) in [6, 6.07) is -5.04. The van der Waals surface area contributed by atoms with E-state index in [-0.39, 0.29) is 25.7 Å². The highest BCUT2D eigenvalue weighted by molar-refractivity contribution is 5.94. The van der Waals surface area contributed by atoms with Gasteiger partial charge in [-0.15, -0.1) is 0 Å². The van der Waals surface area contributed by atoms with Crippen molar-refractivity contribution in [1.29, 1.82) is 0 Å². The molecule has 1 rings (SSSR count). The number of carbonyl (C=O) groups is 6. The first-order valence-corrected chi connectivity index (χ1v) is 11.7. The van der Waals surface area contributed by atoms with Crippen LogP contribution in [0.2, 0.25) is 0 Å². The number of H-pyrrole nitrogens is 1. The van der Waals surface area contributed by atoms with Crippen molar-refractivity contribution in [1.82, 2.24) is 25.9 Å². The Balaban J connectivity index is 3.00. The number of nitrogens with two attached hydrogens (primary N) is 2. The van der Waals surface area contributed by atoms with Crippen molar-refractivity contribution in [3.8, 4) is 0 Å². The Labute approximate surface area is 213 Å². The van der Waals surface area contributed by atoms with Crippen molar-refractivity contribution < 1.29 is 39.0 Å². The molecule has 5 unspecified atom stereocenters. The zero-order valence-electron chi connectivity index (χ0n) is 20.7. The lowest BCUT2D eigenvalue weighted by Crippen LogP contribution is -2.58. The van der Waals surface area contributed by atoms with Crippen molar-refractivity contribution in [2.24, 2.45) is 17.4 Å². The van der Waals surface area contributed by atoms with Crippen molar-refractivity contribution in [3.63, 3.8) is 0 Å². The molecule has 15 nitrogen and oxygen atoms in total. The van der Waals surface area contributed by atoms with E-state index in [4.69, 9.17) is 16.6 Å². The number of hydrogen-bond donors (Lipinski definition) is 8. The zero-order chi connectivity index (χ0) is 28.1. The number of aromatic amines is 1. The quantitative estimate of drug-likeness (QED) is 0.111. The Bertz CT molecular complexity index is 953. The van der Waals surface area contributed by atoms with Crippen LogP contribution in [0.5, 0.6) is 0 Å². The Morgan fingerprint density at radius 3 is 2.11 bits per heavy atom. The molecule has 4 amide bonds. The summed E-state index contributed by atoms with van der Waals surface area (Å²) >= 11 is 0. The molecule has 37 heavy (non-hydrogen) atoms. The summed E-state index contributed by atoms with van der Waals surface area (Å²) in [5.41, 5.74) is 11.5. The number of carboxylic acids is 2. The molecule has 1 heterocycles. The topological polar surface area (TPSA) is 260 Å². The fourth-order valence-corrected chi connectivity index (χ4v) is 3.30. The summed E-state index contributed by atoms with van der Waals surface area (Å²) in [7, 11) is 0. The minimum atomic E-state index is -1.42. The van der Waals surface area contributed by atoms with E-state index in [1.807, 2.05) is 0 Å². The van der Waals surface area contributed by atoms with Crippen LogP contribution in [0, 0.1) is 5.92 Å². The number of carbonyl (C=O) groups excluding carboxylic acids is 4. The number of primary amides is 1. The maximum Gasteiger partial charge on any atom is 0.326 e. The standard InChI is InChI=1S/C22H35N7O8/c1-3-11(2)18(21(35)28-15(22(36)37)4-6-16(24)30)29-20(34)14(5-7-17(31)32)27-19(33)13(23)8-12-9-25-10-26-12/h9-11,13-15,18H,3-8,23H2,1-2H3,(H2,24,30)(H,25,26)(H,27,33)(H,28,35)(H,29,34)(H,31,32)(H,36,37). The van der Waals surface area contributed by atoms with Crippen LogP contribution in [0.15, 0.2) is 12.5 Å². The van der Waals surface area contributed by atoms with Gasteiger partial charge in [0.25, 0.3) is 0 Å². The number of aliphatic carboxylic acids is 2. The van der Waals surface area contributed by atoms with Gasteiger partial charge in [0.2, 0.25) is 23.6 Å². The van der Waals surface area contributed by atoms with Crippen molar-refractivity contribution in [2.75, 3.05) is 0 Å². The van der Waals surface area contributed by atoms with E-state index in [9.17, 15) is 33.9 Å². The third kappa shape index (κ3) is 11.1. The Hall–Kier alpha value is -4.01. The number of amides is 4. The third-order valence-electron chi connectivity index (χ3n) is 5.70. The minimum Gasteiger partial charge on any atom is -0.481 e. The van der Waals surface area contributed by atoms with Crippen LogP contribution < -0.4 is 27.4 Å². The molecule has 0 aliphatic rings. The lowest BCUT2D eigenvalue weighted by Gasteiger charge is -2.28. The molecule has 0 aliphatic carbocycles. The monoisotopic (exact) mass is 525 g/mol. The Morgan fingerprint density at radius 1 is 0.973 bits per heavy atom. The first-order valence-electron chi connectivity index (χ1n) is 11.7. The van der Waals surface area contributed by atoms with Gasteiger partial charge in [-0.1, -0.05) is 20.3 Å². The van der Waals surface area contributed by atoms with Crippen LogP contribution in [0.1, 0.15) is 51.6 Å². The van der Waals surface area contributed by atoms with Crippen LogP contribution in [-0.4, -0.2) is 79.9 Å². The Morgan fingerprint density at radius 2 is 1.59 bits per heavy atom. The lowest BCUT2D eigenvalue weighted by molar-refractivity contribution is -0.143. The summed E-state index contributed by atoms with van der Waals surface area (Å²) in [4.78, 5) is 78.9. The molecule has 0 aromatic carbocycles. The van der Waals surface area contributed by atoms with Crippen LogP contribution in [0.25, 0.3) is 0 Å². The maximum absolute atomic E-state index is 13.1. The van der Waals surface area contributed by atoms with Gasteiger partial charge in [-0.05, 0) is 18.8 Å². The lowest BCUT2D eigenvalue weighted by atomic mass is 9.96. The summed E-state index contributed by atoms with van der Waals surface area (Å²) in [5, 5.41) is 25.6. The Kier molecular flexibility index (Phi) is 12.7. The van der Waals surface area contributed by atoms with Gasteiger partial charge in [0.15, 0.2) is 0 Å². The number of hydrogen-bond acceptors (Lipinski definition) is 8. The molecule has 0 fully saturated rings. The van der Waals surface area contributed by atoms with Crippen molar-refractivity contribution in [2.45, 2.75) is 76.5 Å².